The molecule has 3 nitrogen and oxygen atoms in total. The van der Waals surface area contributed by atoms with Gasteiger partial charge in [-0.15, -0.1) is 11.8 Å². The van der Waals surface area contributed by atoms with Crippen LogP contribution in [0, 0.1) is 5.82 Å². The van der Waals surface area contributed by atoms with Crippen LogP contribution < -0.4 is 5.32 Å². The second-order valence-electron chi connectivity index (χ2n) is 3.21. The SMILES string of the molecule is O=C(Nc1ccccc1F)N1CCSC1. The lowest BCUT2D eigenvalue weighted by Crippen LogP contribution is -2.32. The van der Waals surface area contributed by atoms with Crippen LogP contribution in [0.2, 0.25) is 0 Å². The van der Waals surface area contributed by atoms with Crippen molar-refractivity contribution in [3.8, 4) is 0 Å². The van der Waals surface area contributed by atoms with Gasteiger partial charge >= 0.3 is 6.03 Å². The van der Waals surface area contributed by atoms with Crippen LogP contribution in [0.3, 0.4) is 0 Å². The molecule has 1 N–H and O–H groups in total. The third kappa shape index (κ3) is 2.41. The number of benzene rings is 1. The van der Waals surface area contributed by atoms with Crippen LogP contribution in [-0.4, -0.2) is 29.1 Å². The predicted molar refractivity (Wildman–Crippen MR) is 59.4 cm³/mol. The van der Waals surface area contributed by atoms with Gasteiger partial charge in [0.05, 0.1) is 11.6 Å². The van der Waals surface area contributed by atoms with Crippen molar-refractivity contribution >= 4 is 23.5 Å². The Balaban J connectivity index is 2.02. The second-order valence-corrected chi connectivity index (χ2v) is 4.29. The van der Waals surface area contributed by atoms with E-state index >= 15 is 0 Å². The van der Waals surface area contributed by atoms with E-state index in [0.29, 0.717) is 5.88 Å². The molecule has 1 fully saturated rings. The molecule has 0 radical (unpaired) electrons. The van der Waals surface area contributed by atoms with Crippen LogP contribution >= 0.6 is 11.8 Å². The van der Waals surface area contributed by atoms with Gasteiger partial charge in [0.2, 0.25) is 0 Å². The summed E-state index contributed by atoms with van der Waals surface area (Å²) in [5, 5.41) is 2.55. The molecule has 0 spiro atoms. The van der Waals surface area contributed by atoms with E-state index in [1.165, 1.54) is 6.07 Å². The number of carbonyl (C=O) groups is 1. The number of hydrogen-bond donors (Lipinski definition) is 1. The van der Waals surface area contributed by atoms with Crippen molar-refractivity contribution in [2.24, 2.45) is 0 Å². The number of nitrogens with zero attached hydrogens (tertiary/aromatic N) is 1. The molecule has 0 aromatic heterocycles. The maximum Gasteiger partial charge on any atom is 0.322 e. The fraction of sp³-hybridized carbons (Fsp3) is 0.300. The highest BCUT2D eigenvalue weighted by Crippen LogP contribution is 2.17. The van der Waals surface area contributed by atoms with Crippen LogP contribution in [0.25, 0.3) is 0 Å². The first-order chi connectivity index (χ1) is 7.27. The molecule has 80 valence electrons. The van der Waals surface area contributed by atoms with E-state index in [1.54, 1.807) is 34.9 Å². The summed E-state index contributed by atoms with van der Waals surface area (Å²) in [5.41, 5.74) is 0.236. The largest absolute Gasteiger partial charge is 0.322 e. The van der Waals surface area contributed by atoms with Gasteiger partial charge in [0, 0.05) is 12.3 Å². The normalized spacial score (nSPS) is 15.4. The summed E-state index contributed by atoms with van der Waals surface area (Å²) in [7, 11) is 0. The molecule has 1 aromatic carbocycles. The molecule has 2 rings (SSSR count). The molecular formula is C10H11FN2OS. The summed E-state index contributed by atoms with van der Waals surface area (Å²) >= 11 is 1.70. The molecule has 0 unspecified atom stereocenters. The number of para-hydroxylation sites is 1. The molecular weight excluding hydrogens is 215 g/mol. The van der Waals surface area contributed by atoms with Crippen LogP contribution in [0.1, 0.15) is 0 Å². The molecule has 15 heavy (non-hydrogen) atoms. The predicted octanol–water partition coefficient (Wildman–Crippen LogP) is 2.36. The maximum absolute atomic E-state index is 13.2. The number of anilines is 1. The van der Waals surface area contributed by atoms with Gasteiger partial charge in [-0.25, -0.2) is 9.18 Å². The highest BCUT2D eigenvalue weighted by molar-refractivity contribution is 7.99. The van der Waals surface area contributed by atoms with Crippen LogP contribution in [0.4, 0.5) is 14.9 Å². The van der Waals surface area contributed by atoms with Gasteiger partial charge < -0.3 is 10.2 Å². The smallest absolute Gasteiger partial charge is 0.314 e. The number of thioether (sulfide) groups is 1. The number of carbonyl (C=O) groups excluding carboxylic acids is 1. The molecule has 0 bridgehead atoms. The van der Waals surface area contributed by atoms with Gasteiger partial charge in [-0.3, -0.25) is 0 Å². The Kier molecular flexibility index (Phi) is 3.11. The minimum atomic E-state index is -0.405. The summed E-state index contributed by atoms with van der Waals surface area (Å²) in [5.74, 6) is 1.23. The molecule has 5 heteroatoms. The lowest BCUT2D eigenvalue weighted by Gasteiger charge is -2.15. The van der Waals surface area contributed by atoms with Gasteiger partial charge in [-0.05, 0) is 12.1 Å². The van der Waals surface area contributed by atoms with Gasteiger partial charge in [-0.2, -0.15) is 0 Å². The average Bonchev–Trinajstić information content (AvgIpc) is 2.74. The monoisotopic (exact) mass is 226 g/mol. The van der Waals surface area contributed by atoms with Gasteiger partial charge in [0.15, 0.2) is 0 Å². The molecule has 1 aliphatic heterocycles. The van der Waals surface area contributed by atoms with E-state index < -0.39 is 5.82 Å². The van der Waals surface area contributed by atoms with Crippen molar-refractivity contribution in [2.75, 3.05) is 23.5 Å². The molecule has 0 saturated carbocycles. The third-order valence-corrected chi connectivity index (χ3v) is 3.12. The Morgan fingerprint density at radius 1 is 1.47 bits per heavy atom. The first-order valence-corrected chi connectivity index (χ1v) is 5.81. The van der Waals surface area contributed by atoms with Crippen molar-refractivity contribution < 1.29 is 9.18 Å². The Labute approximate surface area is 91.6 Å². The van der Waals surface area contributed by atoms with Gasteiger partial charge in [0.25, 0.3) is 0 Å². The Hall–Kier alpha value is -1.23. The molecule has 0 aliphatic carbocycles. The minimum absolute atomic E-state index is 0.231. The van der Waals surface area contributed by atoms with E-state index in [-0.39, 0.29) is 11.7 Å². The Bertz CT molecular complexity index is 366. The number of halogens is 1. The van der Waals surface area contributed by atoms with Crippen LogP contribution in [0.15, 0.2) is 24.3 Å². The van der Waals surface area contributed by atoms with E-state index in [2.05, 4.69) is 5.32 Å². The number of urea groups is 1. The summed E-state index contributed by atoms with van der Waals surface area (Å²) < 4.78 is 13.2. The van der Waals surface area contributed by atoms with Crippen molar-refractivity contribution in [3.05, 3.63) is 30.1 Å². The Morgan fingerprint density at radius 3 is 2.93 bits per heavy atom. The average molecular weight is 226 g/mol. The second kappa shape index (κ2) is 4.53. The number of rotatable bonds is 1. The van der Waals surface area contributed by atoms with E-state index in [0.717, 1.165) is 12.3 Å². The number of hydrogen-bond acceptors (Lipinski definition) is 2. The lowest BCUT2D eigenvalue weighted by molar-refractivity contribution is 0.225. The molecule has 1 aliphatic rings. The summed E-state index contributed by atoms with van der Waals surface area (Å²) in [6.45, 7) is 0.727. The highest BCUT2D eigenvalue weighted by atomic mass is 32.2. The molecule has 2 amide bonds. The van der Waals surface area contributed by atoms with Crippen molar-refractivity contribution in [1.82, 2.24) is 4.90 Å². The van der Waals surface area contributed by atoms with E-state index in [9.17, 15) is 9.18 Å². The quantitative estimate of drug-likeness (QED) is 0.797. The first-order valence-electron chi connectivity index (χ1n) is 4.65. The van der Waals surface area contributed by atoms with Crippen LogP contribution in [-0.2, 0) is 0 Å². The summed E-state index contributed by atoms with van der Waals surface area (Å²) in [4.78, 5) is 13.3. The lowest BCUT2D eigenvalue weighted by atomic mass is 10.3. The zero-order valence-corrected chi connectivity index (χ0v) is 8.89. The van der Waals surface area contributed by atoms with Crippen molar-refractivity contribution in [2.45, 2.75) is 0 Å². The van der Waals surface area contributed by atoms with Gasteiger partial charge in [-0.1, -0.05) is 12.1 Å². The van der Waals surface area contributed by atoms with Crippen LogP contribution in [0.5, 0.6) is 0 Å². The Morgan fingerprint density at radius 2 is 2.27 bits per heavy atom. The fourth-order valence-corrected chi connectivity index (χ4v) is 2.28. The van der Waals surface area contributed by atoms with E-state index in [4.69, 9.17) is 0 Å². The maximum atomic E-state index is 13.2. The molecule has 1 saturated heterocycles. The number of amides is 2. The van der Waals surface area contributed by atoms with Crippen molar-refractivity contribution in [1.29, 1.82) is 0 Å². The minimum Gasteiger partial charge on any atom is -0.314 e. The summed E-state index contributed by atoms with van der Waals surface area (Å²) in [6.07, 6.45) is 0. The first kappa shape index (κ1) is 10.3. The highest BCUT2D eigenvalue weighted by Gasteiger charge is 2.18. The third-order valence-electron chi connectivity index (χ3n) is 2.16. The zero-order valence-electron chi connectivity index (χ0n) is 8.07. The number of nitrogens with one attached hydrogen (secondary N) is 1. The van der Waals surface area contributed by atoms with Crippen molar-refractivity contribution in [3.63, 3.8) is 0 Å². The summed E-state index contributed by atoms with van der Waals surface area (Å²) in [6, 6.07) is 5.93. The fourth-order valence-electron chi connectivity index (χ4n) is 1.33. The van der Waals surface area contributed by atoms with Gasteiger partial charge in [0.1, 0.15) is 5.82 Å². The van der Waals surface area contributed by atoms with E-state index in [1.807, 2.05) is 0 Å². The standard InChI is InChI=1S/C10H11FN2OS/c11-8-3-1-2-4-9(8)12-10(14)13-5-6-15-7-13/h1-4H,5-7H2,(H,12,14). The topological polar surface area (TPSA) is 32.3 Å². The molecule has 1 heterocycles. The molecule has 0 atom stereocenters. The molecule has 1 aromatic rings. The zero-order chi connectivity index (χ0) is 10.7.